The quantitative estimate of drug-likeness (QED) is 0.615. The molecule has 0 saturated carbocycles. The van der Waals surface area contributed by atoms with E-state index in [1.54, 1.807) is 6.92 Å². The van der Waals surface area contributed by atoms with Crippen LogP contribution in [-0.4, -0.2) is 47.4 Å². The molecule has 0 aliphatic carbocycles. The molecular formula is C15H24Br2N2O4. The fourth-order valence-electron chi connectivity index (χ4n) is 1.81. The van der Waals surface area contributed by atoms with Gasteiger partial charge in [0.15, 0.2) is 4.67 Å². The number of halogens is 2. The van der Waals surface area contributed by atoms with Gasteiger partial charge in [-0.1, -0.05) is 0 Å². The first-order chi connectivity index (χ1) is 10.6. The number of hydrogen-bond acceptors (Lipinski definition) is 5. The molecule has 0 radical (unpaired) electrons. The summed E-state index contributed by atoms with van der Waals surface area (Å²) in [6.07, 6.45) is -1.04. The third-order valence-electron chi connectivity index (χ3n) is 2.69. The molecule has 0 aliphatic heterocycles. The number of aliphatic hydroxyl groups is 1. The summed E-state index contributed by atoms with van der Waals surface area (Å²) in [5.74, 6) is 0.781. The van der Waals surface area contributed by atoms with Gasteiger partial charge in [-0.05, 0) is 65.6 Å². The summed E-state index contributed by atoms with van der Waals surface area (Å²) in [5, 5.41) is 12.7. The zero-order valence-corrected chi connectivity index (χ0v) is 17.0. The Hall–Kier alpha value is -0.570. The monoisotopic (exact) mass is 454 g/mol. The van der Waals surface area contributed by atoms with Crippen LogP contribution in [0.3, 0.4) is 0 Å². The Labute approximate surface area is 153 Å². The number of hydrogen-bond donors (Lipinski definition) is 2. The largest absolute Gasteiger partial charge is 0.452 e. The number of nitrogens with zero attached hydrogens (tertiary/aromatic N) is 1. The Morgan fingerprint density at radius 3 is 2.61 bits per heavy atom. The second kappa shape index (κ2) is 9.05. The van der Waals surface area contributed by atoms with Crippen LogP contribution in [0.25, 0.3) is 0 Å². The minimum absolute atomic E-state index is 0.231. The highest BCUT2D eigenvalue weighted by molar-refractivity contribution is 9.13. The van der Waals surface area contributed by atoms with Gasteiger partial charge in [0.1, 0.15) is 11.4 Å². The van der Waals surface area contributed by atoms with Crippen molar-refractivity contribution in [1.82, 2.24) is 10.2 Å². The van der Waals surface area contributed by atoms with Crippen molar-refractivity contribution in [2.75, 3.05) is 19.6 Å². The number of nitrogens with one attached hydrogen (secondary N) is 1. The lowest BCUT2D eigenvalue weighted by atomic mass is 10.2. The van der Waals surface area contributed by atoms with E-state index < -0.39 is 17.8 Å². The van der Waals surface area contributed by atoms with Crippen LogP contribution < -0.4 is 5.32 Å². The third kappa shape index (κ3) is 8.19. The number of aliphatic hydroxyl groups excluding tert-OH is 1. The standard InChI is InChI=1S/C15H24Br2N2O4/c1-10(20)9-19(14(21)23-15(2,3)4)6-5-18-8-11-7-12(16)13(17)22-11/h7,10,18,20H,5-6,8-9H2,1-4H3. The Balaban J connectivity index is 2.46. The maximum Gasteiger partial charge on any atom is 0.410 e. The SMILES string of the molecule is CC(O)CN(CCNCc1cc(Br)c(Br)o1)C(=O)OC(C)(C)C. The minimum Gasteiger partial charge on any atom is -0.452 e. The predicted molar refractivity (Wildman–Crippen MR) is 95.3 cm³/mol. The number of furan rings is 1. The number of ether oxygens (including phenoxy) is 1. The summed E-state index contributed by atoms with van der Waals surface area (Å²) in [4.78, 5) is 13.6. The Kier molecular flexibility index (Phi) is 8.06. The van der Waals surface area contributed by atoms with Crippen molar-refractivity contribution in [1.29, 1.82) is 0 Å². The second-order valence-corrected chi connectivity index (χ2v) is 7.86. The first-order valence-electron chi connectivity index (χ1n) is 7.39. The second-order valence-electron chi connectivity index (χ2n) is 6.29. The summed E-state index contributed by atoms with van der Waals surface area (Å²) < 4.78 is 12.3. The molecule has 132 valence electrons. The molecule has 1 atom stereocenters. The zero-order chi connectivity index (χ0) is 17.6. The van der Waals surface area contributed by atoms with E-state index in [2.05, 4.69) is 37.2 Å². The van der Waals surface area contributed by atoms with Gasteiger partial charge in [0, 0.05) is 19.6 Å². The summed E-state index contributed by atoms with van der Waals surface area (Å²) in [7, 11) is 0. The van der Waals surface area contributed by atoms with Crippen LogP contribution in [0, 0.1) is 0 Å². The van der Waals surface area contributed by atoms with Gasteiger partial charge in [-0.2, -0.15) is 0 Å². The molecule has 0 saturated heterocycles. The van der Waals surface area contributed by atoms with Crippen molar-refractivity contribution in [3.63, 3.8) is 0 Å². The molecule has 1 amide bonds. The molecule has 1 rings (SSSR count). The van der Waals surface area contributed by atoms with Crippen LogP contribution in [0.2, 0.25) is 0 Å². The van der Waals surface area contributed by atoms with Crippen molar-refractivity contribution >= 4 is 38.0 Å². The normalized spacial score (nSPS) is 13.0. The topological polar surface area (TPSA) is 74.9 Å². The molecule has 8 heteroatoms. The van der Waals surface area contributed by atoms with Crippen LogP contribution in [0.15, 0.2) is 19.6 Å². The molecule has 1 aromatic heterocycles. The number of carbonyl (C=O) groups is 1. The van der Waals surface area contributed by atoms with E-state index in [0.29, 0.717) is 24.3 Å². The number of rotatable bonds is 7. The van der Waals surface area contributed by atoms with Gasteiger partial charge < -0.3 is 24.5 Å². The van der Waals surface area contributed by atoms with Gasteiger partial charge >= 0.3 is 6.09 Å². The molecule has 1 heterocycles. The summed E-state index contributed by atoms with van der Waals surface area (Å²) in [6, 6.07) is 1.87. The molecular weight excluding hydrogens is 432 g/mol. The molecule has 0 aliphatic rings. The summed E-state index contributed by atoms with van der Waals surface area (Å²) in [5.41, 5.74) is -0.561. The third-order valence-corrected chi connectivity index (χ3v) is 4.40. The molecule has 23 heavy (non-hydrogen) atoms. The van der Waals surface area contributed by atoms with Crippen LogP contribution in [0.4, 0.5) is 4.79 Å². The van der Waals surface area contributed by atoms with E-state index in [1.165, 1.54) is 4.90 Å². The van der Waals surface area contributed by atoms with Gasteiger partial charge in [-0.25, -0.2) is 4.79 Å². The van der Waals surface area contributed by atoms with E-state index in [4.69, 9.17) is 9.15 Å². The van der Waals surface area contributed by atoms with Crippen LogP contribution in [0.1, 0.15) is 33.5 Å². The van der Waals surface area contributed by atoms with Crippen LogP contribution in [-0.2, 0) is 11.3 Å². The number of amides is 1. The molecule has 0 fully saturated rings. The minimum atomic E-state index is -0.612. The van der Waals surface area contributed by atoms with Gasteiger partial charge in [-0.3, -0.25) is 0 Å². The van der Waals surface area contributed by atoms with E-state index in [0.717, 1.165) is 10.2 Å². The van der Waals surface area contributed by atoms with Crippen molar-refractivity contribution in [2.24, 2.45) is 0 Å². The first-order valence-corrected chi connectivity index (χ1v) is 8.97. The van der Waals surface area contributed by atoms with Crippen molar-refractivity contribution in [2.45, 2.75) is 45.9 Å². The van der Waals surface area contributed by atoms with Gasteiger partial charge in [0.25, 0.3) is 0 Å². The lowest BCUT2D eigenvalue weighted by Gasteiger charge is -2.28. The van der Waals surface area contributed by atoms with Gasteiger partial charge in [0.2, 0.25) is 0 Å². The summed E-state index contributed by atoms with van der Waals surface area (Å²) >= 11 is 6.64. The van der Waals surface area contributed by atoms with E-state index in [-0.39, 0.29) is 6.54 Å². The first kappa shape index (κ1) is 20.5. The van der Waals surface area contributed by atoms with Gasteiger partial charge in [0.05, 0.1) is 17.1 Å². The van der Waals surface area contributed by atoms with E-state index >= 15 is 0 Å². The van der Waals surface area contributed by atoms with Crippen LogP contribution in [0.5, 0.6) is 0 Å². The molecule has 0 bridgehead atoms. The molecule has 2 N–H and O–H groups in total. The Morgan fingerprint density at radius 2 is 2.13 bits per heavy atom. The van der Waals surface area contributed by atoms with Crippen molar-refractivity contribution in [3.8, 4) is 0 Å². The lowest BCUT2D eigenvalue weighted by molar-refractivity contribution is 0.0164. The molecule has 0 spiro atoms. The highest BCUT2D eigenvalue weighted by Crippen LogP contribution is 2.26. The smallest absolute Gasteiger partial charge is 0.410 e. The molecule has 6 nitrogen and oxygen atoms in total. The maximum atomic E-state index is 12.1. The molecule has 1 aromatic rings. The Morgan fingerprint density at radius 1 is 1.48 bits per heavy atom. The van der Waals surface area contributed by atoms with Gasteiger partial charge in [-0.15, -0.1) is 0 Å². The van der Waals surface area contributed by atoms with Crippen molar-refractivity contribution in [3.05, 3.63) is 21.0 Å². The average Bonchev–Trinajstić information content (AvgIpc) is 2.70. The maximum absolute atomic E-state index is 12.1. The lowest BCUT2D eigenvalue weighted by Crippen LogP contribution is -2.43. The van der Waals surface area contributed by atoms with E-state index in [1.807, 2.05) is 26.8 Å². The molecule has 1 unspecified atom stereocenters. The highest BCUT2D eigenvalue weighted by Gasteiger charge is 2.22. The fraction of sp³-hybridized carbons (Fsp3) is 0.667. The Bertz CT molecular complexity index is 493. The summed E-state index contributed by atoms with van der Waals surface area (Å²) in [6.45, 7) is 8.85. The van der Waals surface area contributed by atoms with E-state index in [9.17, 15) is 9.90 Å². The fourth-order valence-corrected chi connectivity index (χ4v) is 2.47. The zero-order valence-electron chi connectivity index (χ0n) is 13.9. The number of carbonyl (C=O) groups excluding carboxylic acids is 1. The van der Waals surface area contributed by atoms with Crippen LogP contribution >= 0.6 is 31.9 Å². The highest BCUT2D eigenvalue weighted by atomic mass is 79.9. The van der Waals surface area contributed by atoms with Crippen molar-refractivity contribution < 1.29 is 19.1 Å². The average molecular weight is 456 g/mol. The predicted octanol–water partition coefficient (Wildman–Crippen LogP) is 3.51. The molecule has 0 aromatic carbocycles.